The van der Waals surface area contributed by atoms with Gasteiger partial charge in [-0.05, 0) is 35.8 Å². The number of rotatable bonds is 2. The highest BCUT2D eigenvalue weighted by Gasteiger charge is 2.18. The molecule has 6 aromatic rings. The molecule has 0 aliphatic carbocycles. The molecule has 0 spiro atoms. The molecule has 29 heavy (non-hydrogen) atoms. The summed E-state index contributed by atoms with van der Waals surface area (Å²) in [4.78, 5) is 0. The summed E-state index contributed by atoms with van der Waals surface area (Å²) < 4.78 is 4.83. The Kier molecular flexibility index (Phi) is 3.59. The van der Waals surface area contributed by atoms with E-state index in [1.807, 2.05) is 35.6 Å². The van der Waals surface area contributed by atoms with Crippen molar-refractivity contribution in [2.75, 3.05) is 0 Å². The highest BCUT2D eigenvalue weighted by Crippen LogP contribution is 2.40. The third kappa shape index (κ3) is 2.39. The molecule has 0 fully saturated rings. The van der Waals surface area contributed by atoms with Crippen LogP contribution in [-0.2, 0) is 0 Å². The molecule has 0 saturated heterocycles. The molecule has 0 amide bonds. The van der Waals surface area contributed by atoms with E-state index in [9.17, 15) is 10.0 Å². The minimum absolute atomic E-state index is 0.500. The van der Waals surface area contributed by atoms with E-state index in [1.54, 1.807) is 6.07 Å². The quantitative estimate of drug-likeness (QED) is 0.414. The molecule has 2 N–H and O–H groups in total. The van der Waals surface area contributed by atoms with Gasteiger partial charge in [-0.15, -0.1) is 11.3 Å². The number of nitrogens with zero attached hydrogens (tertiary/aromatic N) is 1. The van der Waals surface area contributed by atoms with E-state index in [2.05, 4.69) is 59.2 Å². The predicted octanol–water partition coefficient (Wildman–Crippen LogP) is 4.83. The molecule has 2 heterocycles. The first-order chi connectivity index (χ1) is 14.2. The number of benzene rings is 4. The van der Waals surface area contributed by atoms with E-state index < -0.39 is 7.12 Å². The van der Waals surface area contributed by atoms with Crippen LogP contribution >= 0.6 is 11.3 Å². The van der Waals surface area contributed by atoms with E-state index in [1.165, 1.54) is 20.2 Å². The van der Waals surface area contributed by atoms with Gasteiger partial charge in [-0.3, -0.25) is 0 Å². The Hall–Kier alpha value is -3.12. The molecule has 6 rings (SSSR count). The first kappa shape index (κ1) is 16.8. The molecule has 0 atom stereocenters. The Morgan fingerprint density at radius 2 is 1.38 bits per heavy atom. The highest BCUT2D eigenvalue weighted by atomic mass is 32.1. The Bertz CT molecular complexity index is 1550. The Labute approximate surface area is 171 Å². The van der Waals surface area contributed by atoms with Gasteiger partial charge in [0.2, 0.25) is 0 Å². The fourth-order valence-corrected chi connectivity index (χ4v) is 5.48. The van der Waals surface area contributed by atoms with Crippen LogP contribution in [-0.4, -0.2) is 21.7 Å². The second-order valence-corrected chi connectivity index (χ2v) is 8.34. The van der Waals surface area contributed by atoms with Gasteiger partial charge < -0.3 is 14.6 Å². The standard InChI is InChI=1S/C24H16BNO2S/c27-25(28)15-12-13-20-18(14-15)16-6-1-3-8-19(16)26(20)21-9-5-11-23-24(21)17-7-2-4-10-22(17)29-23/h1-14,27-28H. The van der Waals surface area contributed by atoms with Gasteiger partial charge in [-0.2, -0.15) is 0 Å². The Balaban J connectivity index is 1.80. The van der Waals surface area contributed by atoms with Gasteiger partial charge in [0.15, 0.2) is 0 Å². The number of fused-ring (bicyclic) bond motifs is 6. The van der Waals surface area contributed by atoms with Gasteiger partial charge in [0.05, 0.1) is 16.7 Å². The summed E-state index contributed by atoms with van der Waals surface area (Å²) in [6, 6.07) is 28.9. The maximum absolute atomic E-state index is 9.66. The maximum Gasteiger partial charge on any atom is 0.488 e. The monoisotopic (exact) mass is 393 g/mol. The third-order valence-electron chi connectivity index (χ3n) is 5.62. The highest BCUT2D eigenvalue weighted by molar-refractivity contribution is 7.25. The zero-order chi connectivity index (χ0) is 19.5. The summed E-state index contributed by atoms with van der Waals surface area (Å²) >= 11 is 1.81. The van der Waals surface area contributed by atoms with E-state index in [4.69, 9.17) is 0 Å². The molecular weight excluding hydrogens is 377 g/mol. The molecule has 3 nitrogen and oxygen atoms in total. The number of para-hydroxylation sites is 1. The van der Waals surface area contributed by atoms with Crippen molar-refractivity contribution in [1.29, 1.82) is 0 Å². The first-order valence-electron chi connectivity index (χ1n) is 9.52. The third-order valence-corrected chi connectivity index (χ3v) is 6.75. The first-order valence-corrected chi connectivity index (χ1v) is 10.3. The van der Waals surface area contributed by atoms with Gasteiger partial charge in [0, 0.05) is 30.9 Å². The summed E-state index contributed by atoms with van der Waals surface area (Å²) in [5.74, 6) is 0. The van der Waals surface area contributed by atoms with Crippen LogP contribution in [0.15, 0.2) is 84.9 Å². The second kappa shape index (κ2) is 6.19. The Morgan fingerprint density at radius 1 is 0.655 bits per heavy atom. The maximum atomic E-state index is 9.66. The van der Waals surface area contributed by atoms with Gasteiger partial charge in [0.1, 0.15) is 0 Å². The van der Waals surface area contributed by atoms with Crippen LogP contribution in [0.25, 0.3) is 47.7 Å². The van der Waals surface area contributed by atoms with Crippen LogP contribution in [0.1, 0.15) is 0 Å². The van der Waals surface area contributed by atoms with E-state index in [0.717, 1.165) is 27.5 Å². The molecule has 0 bridgehead atoms. The second-order valence-electron chi connectivity index (χ2n) is 7.25. The summed E-state index contributed by atoms with van der Waals surface area (Å²) in [5, 5.41) is 23.9. The molecule has 0 aliphatic rings. The van der Waals surface area contributed by atoms with Crippen molar-refractivity contribution < 1.29 is 10.0 Å². The fourth-order valence-electron chi connectivity index (χ4n) is 4.35. The summed E-state index contributed by atoms with van der Waals surface area (Å²) in [5.41, 5.74) is 3.80. The van der Waals surface area contributed by atoms with Crippen LogP contribution in [0, 0.1) is 0 Å². The van der Waals surface area contributed by atoms with Crippen molar-refractivity contribution in [1.82, 2.24) is 4.57 Å². The summed E-state index contributed by atoms with van der Waals surface area (Å²) in [6.45, 7) is 0. The predicted molar refractivity (Wildman–Crippen MR) is 123 cm³/mol. The van der Waals surface area contributed by atoms with Crippen molar-refractivity contribution in [3.05, 3.63) is 84.9 Å². The molecule has 0 radical (unpaired) electrons. The molecule has 5 heteroatoms. The molecule has 138 valence electrons. The lowest BCUT2D eigenvalue weighted by molar-refractivity contribution is 0.426. The molecule has 0 aliphatic heterocycles. The van der Waals surface area contributed by atoms with Crippen molar-refractivity contribution in [3.63, 3.8) is 0 Å². The van der Waals surface area contributed by atoms with Crippen molar-refractivity contribution >= 4 is 65.9 Å². The smallest absolute Gasteiger partial charge is 0.423 e. The lowest BCUT2D eigenvalue weighted by Gasteiger charge is -2.10. The van der Waals surface area contributed by atoms with Crippen LogP contribution < -0.4 is 5.46 Å². The zero-order valence-electron chi connectivity index (χ0n) is 15.4. The zero-order valence-corrected chi connectivity index (χ0v) is 16.2. The van der Waals surface area contributed by atoms with Gasteiger partial charge >= 0.3 is 7.12 Å². The number of hydrogen-bond donors (Lipinski definition) is 2. The van der Waals surface area contributed by atoms with Gasteiger partial charge in [-0.1, -0.05) is 54.6 Å². The van der Waals surface area contributed by atoms with E-state index in [-0.39, 0.29) is 0 Å². The van der Waals surface area contributed by atoms with Crippen molar-refractivity contribution in [2.45, 2.75) is 0 Å². The summed E-state index contributed by atoms with van der Waals surface area (Å²) in [6.07, 6.45) is 0. The molecule has 2 aromatic heterocycles. The number of hydrogen-bond acceptors (Lipinski definition) is 3. The molecule has 0 saturated carbocycles. The minimum Gasteiger partial charge on any atom is -0.423 e. The van der Waals surface area contributed by atoms with E-state index in [0.29, 0.717) is 5.46 Å². The normalized spacial score (nSPS) is 11.8. The average molecular weight is 393 g/mol. The SMILES string of the molecule is OB(O)c1ccc2c(c1)c1ccccc1n2-c1cccc2sc3ccccc3c12. The largest absolute Gasteiger partial charge is 0.488 e. The minimum atomic E-state index is -1.48. The van der Waals surface area contributed by atoms with Gasteiger partial charge in [0.25, 0.3) is 0 Å². The number of thiophene rings is 1. The van der Waals surface area contributed by atoms with Crippen molar-refractivity contribution in [2.24, 2.45) is 0 Å². The van der Waals surface area contributed by atoms with Crippen LogP contribution in [0.3, 0.4) is 0 Å². The lowest BCUT2D eigenvalue weighted by atomic mass is 9.80. The lowest BCUT2D eigenvalue weighted by Crippen LogP contribution is -2.29. The fraction of sp³-hybridized carbons (Fsp3) is 0. The summed E-state index contributed by atoms with van der Waals surface area (Å²) in [7, 11) is -1.48. The number of aromatic nitrogens is 1. The topological polar surface area (TPSA) is 45.4 Å². The average Bonchev–Trinajstić information content (AvgIpc) is 3.29. The van der Waals surface area contributed by atoms with Gasteiger partial charge in [-0.25, -0.2) is 0 Å². The molecule has 4 aromatic carbocycles. The molecular formula is C24H16BNO2S. The Morgan fingerprint density at radius 3 is 2.24 bits per heavy atom. The van der Waals surface area contributed by atoms with Crippen LogP contribution in [0.5, 0.6) is 0 Å². The van der Waals surface area contributed by atoms with Crippen LogP contribution in [0.2, 0.25) is 0 Å². The van der Waals surface area contributed by atoms with E-state index >= 15 is 0 Å². The van der Waals surface area contributed by atoms with Crippen LogP contribution in [0.4, 0.5) is 0 Å². The molecule has 0 unspecified atom stereocenters. The van der Waals surface area contributed by atoms with Crippen molar-refractivity contribution in [3.8, 4) is 5.69 Å².